The zero-order valence-corrected chi connectivity index (χ0v) is 12.4. The van der Waals surface area contributed by atoms with Crippen molar-refractivity contribution in [3.05, 3.63) is 34.4 Å². The molecule has 0 aliphatic carbocycles. The highest BCUT2D eigenvalue weighted by atomic mass is 35.5. The molecule has 2 rings (SSSR count). The Morgan fingerprint density at radius 3 is 2.63 bits per heavy atom. The van der Waals surface area contributed by atoms with Gasteiger partial charge in [-0.25, -0.2) is 0 Å². The lowest BCUT2D eigenvalue weighted by molar-refractivity contribution is 0.575. The summed E-state index contributed by atoms with van der Waals surface area (Å²) in [5.41, 5.74) is 9.02. The van der Waals surface area contributed by atoms with Gasteiger partial charge in [-0.05, 0) is 19.4 Å². The first-order chi connectivity index (χ1) is 9.06. The molecule has 0 aliphatic heterocycles. The van der Waals surface area contributed by atoms with Crippen LogP contribution in [0.25, 0.3) is 0 Å². The molecule has 5 nitrogen and oxygen atoms in total. The van der Waals surface area contributed by atoms with Crippen molar-refractivity contribution in [1.29, 1.82) is 0 Å². The molecule has 19 heavy (non-hydrogen) atoms. The van der Waals surface area contributed by atoms with Gasteiger partial charge in [0.1, 0.15) is 0 Å². The van der Waals surface area contributed by atoms with Gasteiger partial charge in [0.25, 0.3) is 0 Å². The number of hydrogen-bond acceptors (Lipinski definition) is 3. The smallest absolute Gasteiger partial charge is 0.0850 e. The molecule has 1 unspecified atom stereocenters. The maximum Gasteiger partial charge on any atom is 0.0850 e. The summed E-state index contributed by atoms with van der Waals surface area (Å²) in [5.74, 6) is 0. The van der Waals surface area contributed by atoms with E-state index in [4.69, 9.17) is 17.3 Å². The van der Waals surface area contributed by atoms with Crippen LogP contribution in [0.3, 0.4) is 0 Å². The summed E-state index contributed by atoms with van der Waals surface area (Å²) in [5, 5.41) is 9.59. The molecule has 2 aromatic rings. The van der Waals surface area contributed by atoms with Gasteiger partial charge in [-0.15, -0.1) is 0 Å². The number of nitrogens with two attached hydrogens (primary N) is 1. The number of rotatable bonds is 5. The maximum atomic E-state index is 6.38. The quantitative estimate of drug-likeness (QED) is 0.913. The van der Waals surface area contributed by atoms with Gasteiger partial charge in [-0.1, -0.05) is 18.5 Å². The highest BCUT2D eigenvalue weighted by Crippen LogP contribution is 2.25. The lowest BCUT2D eigenvalue weighted by Gasteiger charge is -2.10. The molecule has 0 radical (unpaired) electrons. The van der Waals surface area contributed by atoms with E-state index in [0.717, 1.165) is 35.1 Å². The molecule has 1 atom stereocenters. The van der Waals surface area contributed by atoms with Crippen molar-refractivity contribution in [2.45, 2.75) is 39.3 Å². The lowest BCUT2D eigenvalue weighted by Crippen LogP contribution is -2.17. The third-order valence-corrected chi connectivity index (χ3v) is 3.66. The molecule has 0 amide bonds. The molecule has 0 fully saturated rings. The van der Waals surface area contributed by atoms with Crippen molar-refractivity contribution < 1.29 is 0 Å². The second-order valence-corrected chi connectivity index (χ2v) is 4.98. The predicted octanol–water partition coefficient (Wildman–Crippen LogP) is 2.09. The van der Waals surface area contributed by atoms with Gasteiger partial charge in [-0.3, -0.25) is 9.36 Å². The van der Waals surface area contributed by atoms with E-state index >= 15 is 0 Å². The van der Waals surface area contributed by atoms with Gasteiger partial charge in [0.15, 0.2) is 0 Å². The van der Waals surface area contributed by atoms with Crippen LogP contribution in [0.4, 0.5) is 0 Å². The molecule has 104 valence electrons. The van der Waals surface area contributed by atoms with Crippen LogP contribution in [-0.4, -0.2) is 19.6 Å². The van der Waals surface area contributed by atoms with E-state index in [0.29, 0.717) is 6.42 Å². The van der Waals surface area contributed by atoms with Crippen molar-refractivity contribution in [3.8, 4) is 0 Å². The molecule has 0 saturated carbocycles. The molecular weight excluding hydrogens is 262 g/mol. The average molecular weight is 282 g/mol. The molecular formula is C13H20ClN5. The predicted molar refractivity (Wildman–Crippen MR) is 76.1 cm³/mol. The van der Waals surface area contributed by atoms with Gasteiger partial charge in [0, 0.05) is 26.2 Å². The SMILES string of the molecule is CCc1nn(CC)c(CC(N)c2ccn(C)n2)c1Cl. The average Bonchev–Trinajstić information content (AvgIpc) is 2.95. The second-order valence-electron chi connectivity index (χ2n) is 4.60. The Balaban J connectivity index is 2.25. The van der Waals surface area contributed by atoms with Gasteiger partial charge in [0.2, 0.25) is 0 Å². The molecule has 2 heterocycles. The van der Waals surface area contributed by atoms with Crippen LogP contribution >= 0.6 is 11.6 Å². The molecule has 0 saturated heterocycles. The van der Waals surface area contributed by atoms with E-state index in [2.05, 4.69) is 24.0 Å². The van der Waals surface area contributed by atoms with Crippen LogP contribution in [0.5, 0.6) is 0 Å². The van der Waals surface area contributed by atoms with E-state index in [-0.39, 0.29) is 6.04 Å². The van der Waals surface area contributed by atoms with Crippen LogP contribution in [0.2, 0.25) is 5.02 Å². The molecule has 2 aromatic heterocycles. The van der Waals surface area contributed by atoms with Gasteiger partial charge < -0.3 is 5.73 Å². The van der Waals surface area contributed by atoms with E-state index in [9.17, 15) is 0 Å². The Morgan fingerprint density at radius 1 is 1.37 bits per heavy atom. The summed E-state index contributed by atoms with van der Waals surface area (Å²) in [4.78, 5) is 0. The fraction of sp³-hybridized carbons (Fsp3) is 0.538. The number of aromatic nitrogens is 4. The van der Waals surface area contributed by atoms with Crippen molar-refractivity contribution in [2.75, 3.05) is 0 Å². The first-order valence-electron chi connectivity index (χ1n) is 6.56. The number of hydrogen-bond donors (Lipinski definition) is 1. The van der Waals surface area contributed by atoms with Crippen molar-refractivity contribution in [2.24, 2.45) is 12.8 Å². The van der Waals surface area contributed by atoms with E-state index < -0.39 is 0 Å². The summed E-state index contributed by atoms with van der Waals surface area (Å²) >= 11 is 6.38. The van der Waals surface area contributed by atoms with E-state index in [1.807, 2.05) is 24.0 Å². The van der Waals surface area contributed by atoms with Crippen molar-refractivity contribution >= 4 is 11.6 Å². The zero-order valence-electron chi connectivity index (χ0n) is 11.6. The van der Waals surface area contributed by atoms with Crippen molar-refractivity contribution in [3.63, 3.8) is 0 Å². The molecule has 6 heteroatoms. The number of aryl methyl sites for hydroxylation is 3. The normalized spacial score (nSPS) is 12.9. The summed E-state index contributed by atoms with van der Waals surface area (Å²) < 4.78 is 3.69. The topological polar surface area (TPSA) is 61.7 Å². The second kappa shape index (κ2) is 5.75. The molecule has 0 spiro atoms. The largest absolute Gasteiger partial charge is 0.322 e. The first-order valence-corrected chi connectivity index (χ1v) is 6.93. The Bertz CT molecular complexity index is 557. The van der Waals surface area contributed by atoms with Crippen LogP contribution in [0.1, 0.15) is 37.0 Å². The van der Waals surface area contributed by atoms with Gasteiger partial charge in [0.05, 0.1) is 28.1 Å². The molecule has 2 N–H and O–H groups in total. The Labute approximate surface area is 118 Å². The van der Waals surface area contributed by atoms with Crippen LogP contribution in [0.15, 0.2) is 12.3 Å². The highest BCUT2D eigenvalue weighted by Gasteiger charge is 2.18. The van der Waals surface area contributed by atoms with E-state index in [1.165, 1.54) is 0 Å². The molecule has 0 bridgehead atoms. The number of nitrogens with zero attached hydrogens (tertiary/aromatic N) is 4. The summed E-state index contributed by atoms with van der Waals surface area (Å²) in [7, 11) is 1.88. The maximum absolute atomic E-state index is 6.38. The third-order valence-electron chi connectivity index (χ3n) is 3.22. The van der Waals surface area contributed by atoms with Gasteiger partial charge >= 0.3 is 0 Å². The highest BCUT2D eigenvalue weighted by molar-refractivity contribution is 6.31. The minimum Gasteiger partial charge on any atom is -0.322 e. The van der Waals surface area contributed by atoms with Gasteiger partial charge in [-0.2, -0.15) is 10.2 Å². The lowest BCUT2D eigenvalue weighted by atomic mass is 10.1. The van der Waals surface area contributed by atoms with Crippen LogP contribution in [0, 0.1) is 0 Å². The Hall–Kier alpha value is -1.33. The standard InChI is InChI=1S/C13H20ClN5/c1-4-10-13(14)12(19(5-2)17-10)8-9(15)11-6-7-18(3)16-11/h6-7,9H,4-5,8,15H2,1-3H3. The summed E-state index contributed by atoms with van der Waals surface area (Å²) in [6, 6.07) is 1.77. The summed E-state index contributed by atoms with van der Waals surface area (Å²) in [6.07, 6.45) is 3.37. The zero-order chi connectivity index (χ0) is 14.0. The fourth-order valence-corrected chi connectivity index (χ4v) is 2.50. The van der Waals surface area contributed by atoms with Crippen LogP contribution < -0.4 is 5.73 Å². The monoisotopic (exact) mass is 281 g/mol. The Kier molecular flexibility index (Phi) is 4.27. The van der Waals surface area contributed by atoms with E-state index in [1.54, 1.807) is 4.68 Å². The third kappa shape index (κ3) is 2.82. The fourth-order valence-electron chi connectivity index (χ4n) is 2.16. The molecule has 0 aliphatic rings. The first kappa shape index (κ1) is 14.1. The minimum absolute atomic E-state index is 0.162. The summed E-state index contributed by atoms with van der Waals surface area (Å²) in [6.45, 7) is 4.90. The molecule has 0 aromatic carbocycles. The minimum atomic E-state index is -0.162. The van der Waals surface area contributed by atoms with Crippen LogP contribution in [-0.2, 0) is 26.4 Å². The number of halogens is 1. The van der Waals surface area contributed by atoms with Crippen molar-refractivity contribution in [1.82, 2.24) is 19.6 Å². The Morgan fingerprint density at radius 2 is 2.11 bits per heavy atom.